The van der Waals surface area contributed by atoms with Crippen LogP contribution in [0.15, 0.2) is 59.5 Å². The summed E-state index contributed by atoms with van der Waals surface area (Å²) in [5, 5.41) is 11.0. The Morgan fingerprint density at radius 3 is 2.62 bits per heavy atom. The third kappa shape index (κ3) is 2.43. The van der Waals surface area contributed by atoms with Gasteiger partial charge in [0.15, 0.2) is 0 Å². The summed E-state index contributed by atoms with van der Waals surface area (Å²) in [6, 6.07) is 13.7. The molecule has 3 aromatic rings. The summed E-state index contributed by atoms with van der Waals surface area (Å²) in [7, 11) is -4.06. The molecule has 1 N–H and O–H groups in total. The monoisotopic (exact) mass is 370 g/mol. The van der Waals surface area contributed by atoms with E-state index < -0.39 is 21.9 Å². The van der Waals surface area contributed by atoms with Crippen LogP contribution in [0.5, 0.6) is 0 Å². The molecule has 0 fully saturated rings. The van der Waals surface area contributed by atoms with E-state index >= 15 is 0 Å². The smallest absolute Gasteiger partial charge is 0.332 e. The number of nitrogens with zero attached hydrogens (tertiary/aromatic N) is 2. The van der Waals surface area contributed by atoms with Crippen molar-refractivity contribution in [1.82, 2.24) is 3.97 Å². The highest BCUT2D eigenvalue weighted by molar-refractivity contribution is 7.91. The Labute approximate surface area is 151 Å². The van der Waals surface area contributed by atoms with Crippen LogP contribution in [0.1, 0.15) is 24.2 Å². The summed E-state index contributed by atoms with van der Waals surface area (Å²) >= 11 is 0. The molecule has 1 unspecified atom stereocenters. The van der Waals surface area contributed by atoms with E-state index in [0.717, 1.165) is 9.54 Å². The highest BCUT2D eigenvalue weighted by atomic mass is 32.2. The van der Waals surface area contributed by atoms with Crippen LogP contribution in [0.2, 0.25) is 0 Å². The normalized spacial score (nSPS) is 15.2. The van der Waals surface area contributed by atoms with Crippen LogP contribution in [0.3, 0.4) is 0 Å². The highest BCUT2D eigenvalue weighted by Crippen LogP contribution is 2.35. The van der Waals surface area contributed by atoms with Crippen LogP contribution in [0.4, 0.5) is 5.69 Å². The van der Waals surface area contributed by atoms with Crippen LogP contribution in [0, 0.1) is 0 Å². The predicted octanol–water partition coefficient (Wildman–Crippen LogP) is 2.21. The summed E-state index contributed by atoms with van der Waals surface area (Å²) < 4.78 is 28.4. The number of fused-ring (bicyclic) bond motifs is 2. The van der Waals surface area contributed by atoms with Gasteiger partial charge in [0.1, 0.15) is 0 Å². The lowest BCUT2D eigenvalue weighted by Crippen LogP contribution is -2.39. The number of hydrogen-bond acceptors (Lipinski definition) is 4. The number of aliphatic hydroxyl groups is 1. The van der Waals surface area contributed by atoms with Gasteiger partial charge in [-0.15, -0.1) is 0 Å². The zero-order valence-corrected chi connectivity index (χ0v) is 15.0. The molecule has 0 amide bonds. The van der Waals surface area contributed by atoms with Crippen LogP contribution < -0.4 is 9.86 Å². The maximum absolute atomic E-state index is 13.2. The van der Waals surface area contributed by atoms with Crippen molar-refractivity contribution in [2.45, 2.75) is 19.4 Å². The molecule has 0 bridgehead atoms. The molecule has 1 aliphatic heterocycles. The standard InChI is InChI=1S/C19H18N2O4S/c1-13(22)15-7-4-8-18-17(15)10-12-20(18)26(24,25)21-11-9-14-5-2-3-6-16(14)19(21)23/h2-9,11,13,22H,10,12H2,1H3. The molecular weight excluding hydrogens is 352 g/mol. The summed E-state index contributed by atoms with van der Waals surface area (Å²) in [6.07, 6.45) is 1.12. The van der Waals surface area contributed by atoms with E-state index in [2.05, 4.69) is 0 Å². The van der Waals surface area contributed by atoms with Crippen molar-refractivity contribution in [2.24, 2.45) is 0 Å². The zero-order chi connectivity index (χ0) is 18.5. The van der Waals surface area contributed by atoms with E-state index in [1.807, 2.05) is 0 Å². The molecule has 7 heteroatoms. The first-order valence-electron chi connectivity index (χ1n) is 8.35. The number of hydrogen-bond donors (Lipinski definition) is 1. The topological polar surface area (TPSA) is 79.6 Å². The van der Waals surface area contributed by atoms with E-state index in [4.69, 9.17) is 0 Å². The molecule has 2 heterocycles. The Morgan fingerprint density at radius 1 is 1.08 bits per heavy atom. The Morgan fingerprint density at radius 2 is 1.85 bits per heavy atom. The van der Waals surface area contributed by atoms with Crippen molar-refractivity contribution in [3.05, 3.63) is 76.2 Å². The average Bonchev–Trinajstić information content (AvgIpc) is 3.06. The fraction of sp³-hybridized carbons (Fsp3) is 0.211. The third-order valence-electron chi connectivity index (χ3n) is 4.78. The van der Waals surface area contributed by atoms with Gasteiger partial charge in [-0.3, -0.25) is 9.10 Å². The number of pyridine rings is 1. The molecule has 1 atom stereocenters. The second-order valence-electron chi connectivity index (χ2n) is 6.35. The minimum absolute atomic E-state index is 0.237. The maximum Gasteiger partial charge on any atom is 0.332 e. The van der Waals surface area contributed by atoms with Gasteiger partial charge < -0.3 is 5.11 Å². The molecule has 1 aromatic heterocycles. The quantitative estimate of drug-likeness (QED) is 0.767. The van der Waals surface area contributed by atoms with Crippen LogP contribution in [-0.4, -0.2) is 24.0 Å². The number of anilines is 1. The number of aromatic nitrogens is 1. The van der Waals surface area contributed by atoms with Gasteiger partial charge >= 0.3 is 10.2 Å². The third-order valence-corrected chi connectivity index (χ3v) is 6.50. The number of rotatable bonds is 3. The molecule has 134 valence electrons. The summed E-state index contributed by atoms with van der Waals surface area (Å²) in [4.78, 5) is 12.7. The van der Waals surface area contributed by atoms with Crippen molar-refractivity contribution in [1.29, 1.82) is 0 Å². The largest absolute Gasteiger partial charge is 0.389 e. The summed E-state index contributed by atoms with van der Waals surface area (Å²) in [5.41, 5.74) is 1.47. The lowest BCUT2D eigenvalue weighted by Gasteiger charge is -2.21. The molecule has 6 nitrogen and oxygen atoms in total. The molecule has 0 spiro atoms. The van der Waals surface area contributed by atoms with Gasteiger partial charge in [0.05, 0.1) is 11.8 Å². The average molecular weight is 370 g/mol. The lowest BCUT2D eigenvalue weighted by molar-refractivity contribution is 0.198. The van der Waals surface area contributed by atoms with Crippen LogP contribution in [0.25, 0.3) is 10.8 Å². The number of benzene rings is 2. The van der Waals surface area contributed by atoms with Gasteiger partial charge in [0.25, 0.3) is 5.56 Å². The van der Waals surface area contributed by atoms with Crippen molar-refractivity contribution in [3.63, 3.8) is 0 Å². The SMILES string of the molecule is CC(O)c1cccc2c1CCN2S(=O)(=O)n1ccc2ccccc2c1=O. The number of aliphatic hydroxyl groups excluding tert-OH is 1. The predicted molar refractivity (Wildman–Crippen MR) is 101 cm³/mol. The molecule has 2 aromatic carbocycles. The molecule has 0 saturated heterocycles. The van der Waals surface area contributed by atoms with Crippen molar-refractivity contribution in [3.8, 4) is 0 Å². The molecule has 4 rings (SSSR count). The van der Waals surface area contributed by atoms with Gasteiger partial charge in [-0.1, -0.05) is 30.3 Å². The Hall–Kier alpha value is -2.64. The highest BCUT2D eigenvalue weighted by Gasteiger charge is 2.33. The molecule has 0 radical (unpaired) electrons. The van der Waals surface area contributed by atoms with Crippen LogP contribution in [-0.2, 0) is 16.6 Å². The fourth-order valence-electron chi connectivity index (χ4n) is 3.52. The molecule has 1 aliphatic rings. The van der Waals surface area contributed by atoms with E-state index in [1.54, 1.807) is 55.5 Å². The Bertz CT molecular complexity index is 1170. The second kappa shape index (κ2) is 5.96. The second-order valence-corrected chi connectivity index (χ2v) is 8.08. The van der Waals surface area contributed by atoms with Gasteiger partial charge in [0, 0.05) is 18.1 Å². The Kier molecular flexibility index (Phi) is 3.86. The first-order chi connectivity index (χ1) is 12.4. The van der Waals surface area contributed by atoms with E-state index in [-0.39, 0.29) is 6.54 Å². The van der Waals surface area contributed by atoms with Gasteiger partial charge in [-0.05, 0) is 48.1 Å². The zero-order valence-electron chi connectivity index (χ0n) is 14.2. The minimum atomic E-state index is -4.06. The van der Waals surface area contributed by atoms with E-state index in [1.165, 1.54) is 10.5 Å². The van der Waals surface area contributed by atoms with Crippen molar-refractivity contribution >= 4 is 26.7 Å². The van der Waals surface area contributed by atoms with Crippen molar-refractivity contribution in [2.75, 3.05) is 10.8 Å². The minimum Gasteiger partial charge on any atom is -0.389 e. The maximum atomic E-state index is 13.2. The van der Waals surface area contributed by atoms with Gasteiger partial charge in [-0.2, -0.15) is 12.4 Å². The molecule has 0 aliphatic carbocycles. The molecular formula is C19H18N2O4S. The molecule has 0 saturated carbocycles. The fourth-order valence-corrected chi connectivity index (χ4v) is 5.00. The first-order valence-corrected chi connectivity index (χ1v) is 9.74. The first kappa shape index (κ1) is 16.8. The Balaban J connectivity index is 1.87. The van der Waals surface area contributed by atoms with E-state index in [9.17, 15) is 18.3 Å². The van der Waals surface area contributed by atoms with Crippen LogP contribution >= 0.6 is 0 Å². The summed E-state index contributed by atoms with van der Waals surface area (Å²) in [5.74, 6) is 0. The molecule has 26 heavy (non-hydrogen) atoms. The van der Waals surface area contributed by atoms with Gasteiger partial charge in [0.2, 0.25) is 0 Å². The van der Waals surface area contributed by atoms with E-state index in [0.29, 0.717) is 28.4 Å². The van der Waals surface area contributed by atoms with Gasteiger partial charge in [-0.25, -0.2) is 0 Å². The summed E-state index contributed by atoms with van der Waals surface area (Å²) in [6.45, 7) is 1.89. The van der Waals surface area contributed by atoms with Crippen molar-refractivity contribution < 1.29 is 13.5 Å². The lowest BCUT2D eigenvalue weighted by atomic mass is 10.0.